The van der Waals surface area contributed by atoms with Crippen molar-refractivity contribution in [2.75, 3.05) is 24.8 Å². The van der Waals surface area contributed by atoms with Crippen molar-refractivity contribution in [1.29, 1.82) is 0 Å². The van der Waals surface area contributed by atoms with Gasteiger partial charge in [0.15, 0.2) is 0 Å². The molecule has 0 amide bonds. The van der Waals surface area contributed by atoms with Gasteiger partial charge in [-0.3, -0.25) is 0 Å². The number of methoxy groups -OCH3 is 1. The van der Waals surface area contributed by atoms with Crippen LogP contribution in [0.5, 0.6) is 5.75 Å². The fraction of sp³-hybridized carbons (Fsp3) is 0.200. The lowest BCUT2D eigenvalue weighted by Gasteiger charge is -2.22. The van der Waals surface area contributed by atoms with Crippen molar-refractivity contribution in [3.63, 3.8) is 0 Å². The molecule has 0 aromatic heterocycles. The number of rotatable bonds is 3. The standard InChI is InChI=1S/C15H18N2O/c1-11-5-4-6-14(15(11)16)17(2)12-7-9-13(18-3)10-8-12/h4-10H,16H2,1-3H3. The van der Waals surface area contributed by atoms with Gasteiger partial charge < -0.3 is 15.4 Å². The number of hydrogen-bond donors (Lipinski definition) is 1. The maximum Gasteiger partial charge on any atom is 0.119 e. The molecule has 0 atom stereocenters. The van der Waals surface area contributed by atoms with E-state index in [0.717, 1.165) is 28.4 Å². The predicted octanol–water partition coefficient (Wildman–Crippen LogP) is 3.35. The zero-order valence-electron chi connectivity index (χ0n) is 11.0. The van der Waals surface area contributed by atoms with Crippen molar-refractivity contribution in [1.82, 2.24) is 0 Å². The highest BCUT2D eigenvalue weighted by atomic mass is 16.5. The van der Waals surface area contributed by atoms with Crippen LogP contribution in [-0.4, -0.2) is 14.2 Å². The Morgan fingerprint density at radius 2 is 1.72 bits per heavy atom. The number of anilines is 3. The first-order valence-corrected chi connectivity index (χ1v) is 5.86. The van der Waals surface area contributed by atoms with Crippen LogP contribution in [0.15, 0.2) is 42.5 Å². The van der Waals surface area contributed by atoms with Crippen molar-refractivity contribution in [3.05, 3.63) is 48.0 Å². The van der Waals surface area contributed by atoms with E-state index < -0.39 is 0 Å². The number of ether oxygens (including phenoxy) is 1. The summed E-state index contributed by atoms with van der Waals surface area (Å²) in [6.45, 7) is 2.01. The lowest BCUT2D eigenvalue weighted by atomic mass is 10.1. The molecule has 3 heteroatoms. The van der Waals surface area contributed by atoms with Crippen molar-refractivity contribution >= 4 is 17.1 Å². The SMILES string of the molecule is COc1ccc(N(C)c2cccc(C)c2N)cc1. The van der Waals surface area contributed by atoms with Gasteiger partial charge in [0, 0.05) is 12.7 Å². The second-order valence-electron chi connectivity index (χ2n) is 4.26. The number of para-hydroxylation sites is 1. The molecule has 2 rings (SSSR count). The summed E-state index contributed by atoms with van der Waals surface area (Å²) in [5.41, 5.74) is 10.1. The van der Waals surface area contributed by atoms with E-state index >= 15 is 0 Å². The average Bonchev–Trinajstić information content (AvgIpc) is 2.41. The summed E-state index contributed by atoms with van der Waals surface area (Å²) in [6, 6.07) is 14.0. The van der Waals surface area contributed by atoms with Crippen LogP contribution in [0, 0.1) is 6.92 Å². The smallest absolute Gasteiger partial charge is 0.119 e. The number of nitrogens with zero attached hydrogens (tertiary/aromatic N) is 1. The summed E-state index contributed by atoms with van der Waals surface area (Å²) in [5, 5.41) is 0. The van der Waals surface area contributed by atoms with Crippen molar-refractivity contribution < 1.29 is 4.74 Å². The van der Waals surface area contributed by atoms with Crippen LogP contribution in [-0.2, 0) is 0 Å². The van der Waals surface area contributed by atoms with Crippen molar-refractivity contribution in [3.8, 4) is 5.75 Å². The minimum absolute atomic E-state index is 0.816. The number of benzene rings is 2. The molecule has 0 aliphatic carbocycles. The molecule has 0 fully saturated rings. The third-order valence-corrected chi connectivity index (χ3v) is 3.12. The van der Waals surface area contributed by atoms with Crippen LogP contribution in [0.3, 0.4) is 0 Å². The van der Waals surface area contributed by atoms with Gasteiger partial charge in [-0.05, 0) is 42.8 Å². The molecule has 0 heterocycles. The number of hydrogen-bond acceptors (Lipinski definition) is 3. The normalized spacial score (nSPS) is 10.2. The average molecular weight is 242 g/mol. The fourth-order valence-electron chi connectivity index (χ4n) is 1.90. The Kier molecular flexibility index (Phi) is 3.42. The first-order chi connectivity index (χ1) is 8.63. The largest absolute Gasteiger partial charge is 0.497 e. The van der Waals surface area contributed by atoms with Crippen LogP contribution in [0.1, 0.15) is 5.56 Å². The maximum atomic E-state index is 6.11. The molecule has 94 valence electrons. The molecule has 0 aliphatic heterocycles. The fourth-order valence-corrected chi connectivity index (χ4v) is 1.90. The van der Waals surface area contributed by atoms with E-state index in [1.807, 2.05) is 56.4 Å². The minimum atomic E-state index is 0.816. The highest BCUT2D eigenvalue weighted by molar-refractivity contribution is 5.76. The molecule has 0 aliphatic rings. The third kappa shape index (κ3) is 2.25. The lowest BCUT2D eigenvalue weighted by molar-refractivity contribution is 0.415. The second-order valence-corrected chi connectivity index (χ2v) is 4.26. The van der Waals surface area contributed by atoms with E-state index in [0.29, 0.717) is 0 Å². The molecule has 3 nitrogen and oxygen atoms in total. The topological polar surface area (TPSA) is 38.5 Å². The van der Waals surface area contributed by atoms with Gasteiger partial charge in [0.1, 0.15) is 5.75 Å². The Bertz CT molecular complexity index is 535. The van der Waals surface area contributed by atoms with Crippen LogP contribution < -0.4 is 15.4 Å². The Morgan fingerprint density at radius 3 is 2.33 bits per heavy atom. The van der Waals surface area contributed by atoms with Gasteiger partial charge in [0.05, 0.1) is 18.5 Å². The van der Waals surface area contributed by atoms with Gasteiger partial charge in [0.25, 0.3) is 0 Å². The van der Waals surface area contributed by atoms with E-state index in [4.69, 9.17) is 10.5 Å². The summed E-state index contributed by atoms with van der Waals surface area (Å²) in [5.74, 6) is 0.851. The molecular formula is C15H18N2O. The molecule has 0 saturated heterocycles. The molecule has 2 aromatic carbocycles. The van der Waals surface area contributed by atoms with Gasteiger partial charge in [0.2, 0.25) is 0 Å². The van der Waals surface area contributed by atoms with Crippen molar-refractivity contribution in [2.45, 2.75) is 6.92 Å². The summed E-state index contributed by atoms with van der Waals surface area (Å²) in [7, 11) is 3.67. The van der Waals surface area contributed by atoms with E-state index in [9.17, 15) is 0 Å². The summed E-state index contributed by atoms with van der Waals surface area (Å²) in [4.78, 5) is 2.07. The number of nitrogen functional groups attached to an aromatic ring is 1. The van der Waals surface area contributed by atoms with Crippen LogP contribution >= 0.6 is 0 Å². The quantitative estimate of drug-likeness (QED) is 0.839. The predicted molar refractivity (Wildman–Crippen MR) is 76.6 cm³/mol. The highest BCUT2D eigenvalue weighted by Crippen LogP contribution is 2.31. The molecule has 18 heavy (non-hydrogen) atoms. The summed E-state index contributed by atoms with van der Waals surface area (Å²) >= 11 is 0. The van der Waals surface area contributed by atoms with Crippen LogP contribution in [0.25, 0.3) is 0 Å². The minimum Gasteiger partial charge on any atom is -0.497 e. The van der Waals surface area contributed by atoms with E-state index in [1.165, 1.54) is 0 Å². The molecular weight excluding hydrogens is 224 g/mol. The first-order valence-electron chi connectivity index (χ1n) is 5.86. The Labute approximate surface area is 108 Å². The van der Waals surface area contributed by atoms with Crippen LogP contribution in [0.2, 0.25) is 0 Å². The highest BCUT2D eigenvalue weighted by Gasteiger charge is 2.08. The van der Waals surface area contributed by atoms with Gasteiger partial charge in [-0.2, -0.15) is 0 Å². The zero-order valence-corrected chi connectivity index (χ0v) is 11.0. The first kappa shape index (κ1) is 12.3. The molecule has 0 radical (unpaired) electrons. The van der Waals surface area contributed by atoms with Crippen molar-refractivity contribution in [2.24, 2.45) is 0 Å². The van der Waals surface area contributed by atoms with Gasteiger partial charge in [-0.25, -0.2) is 0 Å². The maximum absolute atomic E-state index is 6.11. The second kappa shape index (κ2) is 5.00. The Balaban J connectivity index is 2.35. The number of nitrogens with two attached hydrogens (primary N) is 1. The Morgan fingerprint density at radius 1 is 1.06 bits per heavy atom. The van der Waals surface area contributed by atoms with E-state index in [-0.39, 0.29) is 0 Å². The zero-order chi connectivity index (χ0) is 13.1. The van der Waals surface area contributed by atoms with Gasteiger partial charge in [-0.15, -0.1) is 0 Å². The molecule has 0 bridgehead atoms. The summed E-state index contributed by atoms with van der Waals surface area (Å²) in [6.07, 6.45) is 0. The van der Waals surface area contributed by atoms with Crippen LogP contribution in [0.4, 0.5) is 17.1 Å². The molecule has 0 unspecified atom stereocenters. The molecule has 0 saturated carbocycles. The van der Waals surface area contributed by atoms with E-state index in [1.54, 1.807) is 7.11 Å². The van der Waals surface area contributed by atoms with Gasteiger partial charge >= 0.3 is 0 Å². The number of aryl methyl sites for hydroxylation is 1. The lowest BCUT2D eigenvalue weighted by Crippen LogP contribution is -2.12. The molecule has 0 spiro atoms. The Hall–Kier alpha value is -2.16. The van der Waals surface area contributed by atoms with E-state index in [2.05, 4.69) is 4.90 Å². The third-order valence-electron chi connectivity index (χ3n) is 3.12. The molecule has 2 aromatic rings. The summed E-state index contributed by atoms with van der Waals surface area (Å²) < 4.78 is 5.15. The molecule has 2 N–H and O–H groups in total. The van der Waals surface area contributed by atoms with Gasteiger partial charge in [-0.1, -0.05) is 12.1 Å². The monoisotopic (exact) mass is 242 g/mol.